The summed E-state index contributed by atoms with van der Waals surface area (Å²) in [5.41, 5.74) is 0.502. The lowest BCUT2D eigenvalue weighted by atomic mass is 10.3. The summed E-state index contributed by atoms with van der Waals surface area (Å²) in [4.78, 5) is 10.5. The van der Waals surface area contributed by atoms with Crippen LogP contribution in [0.25, 0.3) is 5.69 Å². The number of carboxylic acid groups (broad SMARTS) is 1. The molecule has 0 saturated heterocycles. The fraction of sp³-hybridized carbons (Fsp3) is 0.111. The summed E-state index contributed by atoms with van der Waals surface area (Å²) in [6, 6.07) is 5.04. The number of carboxylic acids is 1. The standard InChI is InChI=1S/C9H6Cl2N4O2S/c10-5-2-1-3-6(8(5)11)15-9(12-13-14-15)18-4-7(16)17/h1-3H,4H2,(H,16,17). The van der Waals surface area contributed by atoms with Gasteiger partial charge in [-0.05, 0) is 22.6 Å². The number of tetrazole rings is 1. The second-order valence-corrected chi connectivity index (χ2v) is 4.86. The van der Waals surface area contributed by atoms with E-state index in [1.165, 1.54) is 4.68 Å². The monoisotopic (exact) mass is 304 g/mol. The van der Waals surface area contributed by atoms with Gasteiger partial charge in [-0.1, -0.05) is 41.0 Å². The minimum atomic E-state index is -0.952. The highest BCUT2D eigenvalue weighted by Gasteiger charge is 2.14. The Morgan fingerprint density at radius 1 is 1.44 bits per heavy atom. The van der Waals surface area contributed by atoms with Crippen LogP contribution in [0.1, 0.15) is 0 Å². The molecule has 1 aromatic heterocycles. The molecule has 0 aliphatic carbocycles. The van der Waals surface area contributed by atoms with Crippen molar-refractivity contribution in [2.45, 2.75) is 5.16 Å². The first-order valence-corrected chi connectivity index (χ1v) is 6.41. The Hall–Kier alpha value is -1.31. The van der Waals surface area contributed by atoms with E-state index in [9.17, 15) is 4.79 Å². The molecule has 0 saturated carbocycles. The molecule has 0 aliphatic rings. The van der Waals surface area contributed by atoms with Crippen molar-refractivity contribution in [3.8, 4) is 5.69 Å². The van der Waals surface area contributed by atoms with Gasteiger partial charge in [0.15, 0.2) is 0 Å². The van der Waals surface area contributed by atoms with Crippen molar-refractivity contribution in [1.29, 1.82) is 0 Å². The number of hydrogen-bond donors (Lipinski definition) is 1. The molecule has 2 aromatic rings. The van der Waals surface area contributed by atoms with E-state index in [0.717, 1.165) is 11.8 Å². The van der Waals surface area contributed by atoms with Gasteiger partial charge in [0.25, 0.3) is 0 Å². The molecule has 6 nitrogen and oxygen atoms in total. The number of hydrogen-bond acceptors (Lipinski definition) is 5. The Labute approximate surface area is 116 Å². The van der Waals surface area contributed by atoms with Crippen molar-refractivity contribution in [2.75, 3.05) is 5.75 Å². The molecular weight excluding hydrogens is 299 g/mol. The van der Waals surface area contributed by atoms with Crippen LogP contribution in [0.5, 0.6) is 0 Å². The molecule has 0 unspecified atom stereocenters. The maximum atomic E-state index is 10.5. The topological polar surface area (TPSA) is 80.9 Å². The van der Waals surface area contributed by atoms with Crippen LogP contribution < -0.4 is 0 Å². The first kappa shape index (κ1) is 13.1. The Balaban J connectivity index is 2.36. The second kappa shape index (κ2) is 5.55. The molecule has 0 amide bonds. The van der Waals surface area contributed by atoms with Gasteiger partial charge in [0.2, 0.25) is 5.16 Å². The molecule has 94 valence electrons. The van der Waals surface area contributed by atoms with Crippen LogP contribution in [0.2, 0.25) is 10.0 Å². The minimum absolute atomic E-state index is 0.140. The molecule has 0 atom stereocenters. The van der Waals surface area contributed by atoms with Crippen molar-refractivity contribution in [3.05, 3.63) is 28.2 Å². The Morgan fingerprint density at radius 2 is 2.22 bits per heavy atom. The predicted molar refractivity (Wildman–Crippen MR) is 67.5 cm³/mol. The summed E-state index contributed by atoms with van der Waals surface area (Å²) in [5.74, 6) is -1.09. The molecule has 0 fully saturated rings. The first-order valence-electron chi connectivity index (χ1n) is 4.67. The van der Waals surface area contributed by atoms with Crippen LogP contribution in [0, 0.1) is 0 Å². The van der Waals surface area contributed by atoms with E-state index in [4.69, 9.17) is 28.3 Å². The quantitative estimate of drug-likeness (QED) is 0.872. The molecule has 0 spiro atoms. The second-order valence-electron chi connectivity index (χ2n) is 3.13. The molecule has 0 bridgehead atoms. The van der Waals surface area contributed by atoms with Gasteiger partial charge in [0.05, 0.1) is 21.5 Å². The van der Waals surface area contributed by atoms with E-state index in [2.05, 4.69) is 15.5 Å². The molecule has 9 heteroatoms. The van der Waals surface area contributed by atoms with Crippen molar-refractivity contribution in [1.82, 2.24) is 20.2 Å². The van der Waals surface area contributed by atoms with Gasteiger partial charge in [-0.3, -0.25) is 4.79 Å². The highest BCUT2D eigenvalue weighted by Crippen LogP contribution is 2.29. The van der Waals surface area contributed by atoms with Gasteiger partial charge >= 0.3 is 5.97 Å². The maximum Gasteiger partial charge on any atom is 0.313 e. The Kier molecular flexibility index (Phi) is 4.05. The smallest absolute Gasteiger partial charge is 0.313 e. The number of benzene rings is 1. The van der Waals surface area contributed by atoms with Crippen molar-refractivity contribution in [3.63, 3.8) is 0 Å². The molecule has 1 N–H and O–H groups in total. The van der Waals surface area contributed by atoms with E-state index in [0.29, 0.717) is 20.9 Å². The van der Waals surface area contributed by atoms with Gasteiger partial charge < -0.3 is 5.11 Å². The third kappa shape index (κ3) is 2.74. The molecule has 1 aromatic carbocycles. The summed E-state index contributed by atoms with van der Waals surface area (Å²) < 4.78 is 1.35. The van der Waals surface area contributed by atoms with Crippen molar-refractivity contribution in [2.24, 2.45) is 0 Å². The van der Waals surface area contributed by atoms with Crippen LogP contribution in [-0.4, -0.2) is 37.0 Å². The van der Waals surface area contributed by atoms with E-state index in [-0.39, 0.29) is 5.75 Å². The lowest BCUT2D eigenvalue weighted by molar-refractivity contribution is -0.133. The number of aromatic nitrogens is 4. The fourth-order valence-corrected chi connectivity index (χ4v) is 2.18. The highest BCUT2D eigenvalue weighted by atomic mass is 35.5. The molecular formula is C9H6Cl2N4O2S. The van der Waals surface area contributed by atoms with Crippen LogP contribution in [0.4, 0.5) is 0 Å². The molecule has 1 heterocycles. The van der Waals surface area contributed by atoms with E-state index >= 15 is 0 Å². The number of halogens is 2. The summed E-state index contributed by atoms with van der Waals surface area (Å²) in [6.45, 7) is 0. The summed E-state index contributed by atoms with van der Waals surface area (Å²) in [5, 5.41) is 20.6. The lowest BCUT2D eigenvalue weighted by Crippen LogP contribution is -2.03. The van der Waals surface area contributed by atoms with Gasteiger partial charge in [-0.25, -0.2) is 0 Å². The van der Waals surface area contributed by atoms with Gasteiger partial charge in [-0.2, -0.15) is 4.68 Å². The fourth-order valence-electron chi connectivity index (χ4n) is 1.20. The van der Waals surface area contributed by atoms with Crippen molar-refractivity contribution < 1.29 is 9.90 Å². The van der Waals surface area contributed by atoms with Crippen molar-refractivity contribution >= 4 is 40.9 Å². The van der Waals surface area contributed by atoms with Gasteiger partial charge in [0, 0.05) is 0 Å². The average molecular weight is 305 g/mol. The number of carbonyl (C=O) groups is 1. The number of aliphatic carboxylic acids is 1. The average Bonchev–Trinajstić information content (AvgIpc) is 2.78. The SMILES string of the molecule is O=C(O)CSc1nnnn1-c1cccc(Cl)c1Cl. The van der Waals surface area contributed by atoms with E-state index in [1.807, 2.05) is 0 Å². The molecule has 0 aliphatic heterocycles. The normalized spacial score (nSPS) is 10.6. The molecule has 18 heavy (non-hydrogen) atoms. The summed E-state index contributed by atoms with van der Waals surface area (Å²) in [7, 11) is 0. The summed E-state index contributed by atoms with van der Waals surface area (Å²) in [6.07, 6.45) is 0. The third-order valence-electron chi connectivity index (χ3n) is 1.93. The zero-order chi connectivity index (χ0) is 13.1. The lowest BCUT2D eigenvalue weighted by Gasteiger charge is -2.06. The largest absolute Gasteiger partial charge is 0.481 e. The predicted octanol–water partition coefficient (Wildman–Crippen LogP) is 2.15. The highest BCUT2D eigenvalue weighted by molar-refractivity contribution is 7.99. The first-order chi connectivity index (χ1) is 8.59. The molecule has 0 radical (unpaired) electrons. The van der Waals surface area contributed by atoms with E-state index in [1.54, 1.807) is 18.2 Å². The van der Waals surface area contributed by atoms with Gasteiger partial charge in [-0.15, -0.1) is 5.10 Å². The zero-order valence-electron chi connectivity index (χ0n) is 8.75. The van der Waals surface area contributed by atoms with Gasteiger partial charge in [0.1, 0.15) is 0 Å². The zero-order valence-corrected chi connectivity index (χ0v) is 11.1. The van der Waals surface area contributed by atoms with Crippen LogP contribution >= 0.6 is 35.0 Å². The maximum absolute atomic E-state index is 10.5. The third-order valence-corrected chi connectivity index (χ3v) is 3.64. The van der Waals surface area contributed by atoms with Crippen LogP contribution in [0.15, 0.2) is 23.4 Å². The van der Waals surface area contributed by atoms with Crippen LogP contribution in [-0.2, 0) is 4.79 Å². The Bertz CT molecular complexity index is 590. The number of nitrogens with zero attached hydrogens (tertiary/aromatic N) is 4. The summed E-state index contributed by atoms with van der Waals surface area (Å²) >= 11 is 12.9. The number of thioether (sulfide) groups is 1. The van der Waals surface area contributed by atoms with E-state index < -0.39 is 5.97 Å². The number of rotatable bonds is 4. The van der Waals surface area contributed by atoms with Crippen LogP contribution in [0.3, 0.4) is 0 Å². The molecule has 2 rings (SSSR count). The minimum Gasteiger partial charge on any atom is -0.481 e. The Morgan fingerprint density at radius 3 is 2.94 bits per heavy atom.